The van der Waals surface area contributed by atoms with Gasteiger partial charge in [0, 0.05) is 17.8 Å². The lowest BCUT2D eigenvalue weighted by Crippen LogP contribution is -2.45. The summed E-state index contributed by atoms with van der Waals surface area (Å²) in [6.45, 7) is 2.52. The largest absolute Gasteiger partial charge is 0.493 e. The van der Waals surface area contributed by atoms with Gasteiger partial charge in [0.05, 0.1) is 12.1 Å². The maximum atomic E-state index is 14.1. The van der Waals surface area contributed by atoms with Gasteiger partial charge in [0.15, 0.2) is 0 Å². The van der Waals surface area contributed by atoms with Crippen LogP contribution in [-0.4, -0.2) is 33.4 Å². The first-order valence-electron chi connectivity index (χ1n) is 12.8. The van der Waals surface area contributed by atoms with Crippen LogP contribution in [0.4, 0.5) is 5.69 Å². The predicted octanol–water partition coefficient (Wildman–Crippen LogP) is 4.92. The number of fused-ring (bicyclic) bond motifs is 1. The van der Waals surface area contributed by atoms with Crippen molar-refractivity contribution in [2.24, 2.45) is 0 Å². The quantitative estimate of drug-likeness (QED) is 0.283. The summed E-state index contributed by atoms with van der Waals surface area (Å²) in [5.74, 6) is -0.102. The minimum atomic E-state index is -0.999. The Bertz CT molecular complexity index is 1550. The molecule has 1 heterocycles. The van der Waals surface area contributed by atoms with Gasteiger partial charge < -0.3 is 10.1 Å². The van der Waals surface area contributed by atoms with Crippen LogP contribution in [0.15, 0.2) is 109 Å². The molecule has 0 saturated carbocycles. The number of nitrogens with one attached hydrogen (secondary N) is 1. The number of benzene rings is 4. The zero-order valence-corrected chi connectivity index (χ0v) is 21.6. The average Bonchev–Trinajstić information content (AvgIpc) is 3.39. The first-order chi connectivity index (χ1) is 19.2. The molecule has 39 heavy (non-hydrogen) atoms. The summed E-state index contributed by atoms with van der Waals surface area (Å²) in [6.07, 6.45) is 0. The standard InChI is InChI=1S/C31H29N5O3/c1-2-39-28-20-12-9-17-25(28)30(31(38)32-21-23-13-5-3-6-14-23)36(24-15-7-4-8-16-24)29(37)22-35-27-19-11-10-18-26(27)33-34-35/h3-20,30H,2,21-22H2,1H3,(H,32,38)/t30-/m0/s1. The molecule has 5 rings (SSSR count). The van der Waals surface area contributed by atoms with Gasteiger partial charge in [-0.2, -0.15) is 0 Å². The van der Waals surface area contributed by atoms with Crippen LogP contribution >= 0.6 is 0 Å². The van der Waals surface area contributed by atoms with Gasteiger partial charge >= 0.3 is 0 Å². The fourth-order valence-electron chi connectivity index (χ4n) is 4.54. The van der Waals surface area contributed by atoms with E-state index < -0.39 is 6.04 Å². The third kappa shape index (κ3) is 5.80. The molecule has 4 aromatic carbocycles. The Hall–Kier alpha value is -4.98. The summed E-state index contributed by atoms with van der Waals surface area (Å²) in [6, 6.07) is 32.6. The lowest BCUT2D eigenvalue weighted by Gasteiger charge is -2.32. The number of amides is 2. The van der Waals surface area contributed by atoms with E-state index in [-0.39, 0.29) is 18.4 Å². The second kappa shape index (κ2) is 12.0. The Morgan fingerprint density at radius 3 is 2.31 bits per heavy atom. The summed E-state index contributed by atoms with van der Waals surface area (Å²) in [5, 5.41) is 11.4. The number of hydrogen-bond acceptors (Lipinski definition) is 5. The summed E-state index contributed by atoms with van der Waals surface area (Å²) in [5.41, 5.74) is 3.55. The van der Waals surface area contributed by atoms with Gasteiger partial charge in [0.1, 0.15) is 23.9 Å². The maximum Gasteiger partial charge on any atom is 0.249 e. The van der Waals surface area contributed by atoms with E-state index in [4.69, 9.17) is 4.74 Å². The topological polar surface area (TPSA) is 89.4 Å². The zero-order valence-electron chi connectivity index (χ0n) is 21.6. The number of carbonyl (C=O) groups is 2. The average molecular weight is 520 g/mol. The highest BCUT2D eigenvalue weighted by atomic mass is 16.5. The second-order valence-corrected chi connectivity index (χ2v) is 8.91. The molecular formula is C31H29N5O3. The van der Waals surface area contributed by atoms with Crippen LogP contribution in [0.25, 0.3) is 11.0 Å². The number of carbonyl (C=O) groups excluding carboxylic acids is 2. The number of hydrogen-bond donors (Lipinski definition) is 1. The van der Waals surface area contributed by atoms with Crippen LogP contribution < -0.4 is 15.0 Å². The third-order valence-electron chi connectivity index (χ3n) is 6.34. The molecule has 0 aliphatic heterocycles. The van der Waals surface area contributed by atoms with Crippen LogP contribution in [-0.2, 0) is 22.7 Å². The van der Waals surface area contributed by atoms with E-state index in [1.165, 1.54) is 4.90 Å². The van der Waals surface area contributed by atoms with E-state index in [0.29, 0.717) is 35.7 Å². The van der Waals surface area contributed by atoms with Crippen molar-refractivity contribution in [1.82, 2.24) is 20.3 Å². The number of anilines is 1. The van der Waals surface area contributed by atoms with Gasteiger partial charge in [0.25, 0.3) is 0 Å². The van der Waals surface area contributed by atoms with Gasteiger partial charge in [-0.25, -0.2) is 4.68 Å². The van der Waals surface area contributed by atoms with Crippen LogP contribution in [0.3, 0.4) is 0 Å². The molecule has 0 unspecified atom stereocenters. The molecule has 0 radical (unpaired) electrons. The van der Waals surface area contributed by atoms with E-state index in [1.807, 2.05) is 116 Å². The SMILES string of the molecule is CCOc1ccccc1[C@@H](C(=O)NCc1ccccc1)N(C(=O)Cn1nnc2ccccc21)c1ccccc1. The van der Waals surface area contributed by atoms with Gasteiger partial charge in [-0.3, -0.25) is 14.5 Å². The monoisotopic (exact) mass is 519 g/mol. The Balaban J connectivity index is 1.57. The zero-order chi connectivity index (χ0) is 27.0. The van der Waals surface area contributed by atoms with Crippen molar-refractivity contribution in [2.45, 2.75) is 26.1 Å². The first-order valence-corrected chi connectivity index (χ1v) is 12.8. The van der Waals surface area contributed by atoms with Crippen molar-refractivity contribution in [1.29, 1.82) is 0 Å². The molecule has 5 aromatic rings. The van der Waals surface area contributed by atoms with Gasteiger partial charge in [-0.05, 0) is 42.8 Å². The van der Waals surface area contributed by atoms with Crippen molar-refractivity contribution in [2.75, 3.05) is 11.5 Å². The Labute approximate surface area is 226 Å². The van der Waals surface area contributed by atoms with Crippen molar-refractivity contribution < 1.29 is 14.3 Å². The molecule has 8 heteroatoms. The molecule has 1 N–H and O–H groups in total. The molecule has 196 valence electrons. The van der Waals surface area contributed by atoms with Crippen LogP contribution in [0.2, 0.25) is 0 Å². The molecule has 2 amide bonds. The van der Waals surface area contributed by atoms with E-state index >= 15 is 0 Å². The van der Waals surface area contributed by atoms with Gasteiger partial charge in [-0.15, -0.1) is 5.10 Å². The fourth-order valence-corrected chi connectivity index (χ4v) is 4.54. The van der Waals surface area contributed by atoms with Gasteiger partial charge in [0.2, 0.25) is 11.8 Å². The summed E-state index contributed by atoms with van der Waals surface area (Å²) >= 11 is 0. The molecule has 0 saturated heterocycles. The van der Waals surface area contributed by atoms with E-state index in [0.717, 1.165) is 11.1 Å². The molecule has 0 bridgehead atoms. The smallest absolute Gasteiger partial charge is 0.249 e. The van der Waals surface area contributed by atoms with Gasteiger partial charge in [-0.1, -0.05) is 84.1 Å². The molecule has 0 spiro atoms. The molecule has 1 atom stereocenters. The highest BCUT2D eigenvalue weighted by Gasteiger charge is 2.35. The number of rotatable bonds is 10. The molecule has 0 aliphatic rings. The highest BCUT2D eigenvalue weighted by Crippen LogP contribution is 2.34. The molecule has 0 fully saturated rings. The third-order valence-corrected chi connectivity index (χ3v) is 6.34. The number of nitrogens with zero attached hydrogens (tertiary/aromatic N) is 4. The Kier molecular flexibility index (Phi) is 7.92. The molecule has 1 aromatic heterocycles. The summed E-state index contributed by atoms with van der Waals surface area (Å²) in [4.78, 5) is 29.7. The minimum absolute atomic E-state index is 0.103. The molecule has 0 aliphatic carbocycles. The predicted molar refractivity (Wildman–Crippen MR) is 150 cm³/mol. The molecular weight excluding hydrogens is 490 g/mol. The summed E-state index contributed by atoms with van der Waals surface area (Å²) in [7, 11) is 0. The van der Waals surface area contributed by atoms with E-state index in [1.54, 1.807) is 4.68 Å². The van der Waals surface area contributed by atoms with Crippen molar-refractivity contribution in [3.8, 4) is 5.75 Å². The number of ether oxygens (including phenoxy) is 1. The molecule has 8 nitrogen and oxygen atoms in total. The first kappa shape index (κ1) is 25.7. The van der Waals surface area contributed by atoms with Crippen molar-refractivity contribution in [3.63, 3.8) is 0 Å². The lowest BCUT2D eigenvalue weighted by atomic mass is 10.0. The second-order valence-electron chi connectivity index (χ2n) is 8.91. The number of para-hydroxylation sites is 3. The van der Waals surface area contributed by atoms with Crippen molar-refractivity contribution in [3.05, 3.63) is 120 Å². The lowest BCUT2D eigenvalue weighted by molar-refractivity contribution is -0.127. The fraction of sp³-hybridized carbons (Fsp3) is 0.161. The minimum Gasteiger partial charge on any atom is -0.493 e. The number of aromatic nitrogens is 3. The Morgan fingerprint density at radius 1 is 0.872 bits per heavy atom. The summed E-state index contributed by atoms with van der Waals surface area (Å²) < 4.78 is 7.47. The van der Waals surface area contributed by atoms with Crippen LogP contribution in [0.5, 0.6) is 5.75 Å². The normalized spacial score (nSPS) is 11.6. The maximum absolute atomic E-state index is 14.1. The van der Waals surface area contributed by atoms with Crippen LogP contribution in [0.1, 0.15) is 24.1 Å². The Morgan fingerprint density at radius 2 is 1.54 bits per heavy atom. The highest BCUT2D eigenvalue weighted by molar-refractivity contribution is 6.01. The van der Waals surface area contributed by atoms with E-state index in [9.17, 15) is 9.59 Å². The van der Waals surface area contributed by atoms with E-state index in [2.05, 4.69) is 15.6 Å². The van der Waals surface area contributed by atoms with Crippen molar-refractivity contribution >= 4 is 28.5 Å². The van der Waals surface area contributed by atoms with Crippen LogP contribution in [0, 0.1) is 0 Å².